The van der Waals surface area contributed by atoms with E-state index < -0.39 is 0 Å². The number of hydrogen-bond acceptors (Lipinski definition) is 3. The summed E-state index contributed by atoms with van der Waals surface area (Å²) in [5.41, 5.74) is 0.672. The first-order valence-corrected chi connectivity index (χ1v) is 4.93. The molecule has 74 valence electrons. The van der Waals surface area contributed by atoms with E-state index in [2.05, 4.69) is 23.1 Å². The molecule has 1 saturated heterocycles. The second kappa shape index (κ2) is 3.81. The molecule has 1 aromatic rings. The predicted octanol–water partition coefficient (Wildman–Crippen LogP) is 1.02. The van der Waals surface area contributed by atoms with Crippen LogP contribution in [0.4, 0.5) is 0 Å². The van der Waals surface area contributed by atoms with E-state index in [1.165, 1.54) is 6.42 Å². The first-order valence-electron chi connectivity index (χ1n) is 4.93. The molecule has 2 rings (SSSR count). The van der Waals surface area contributed by atoms with Crippen LogP contribution in [0.1, 0.15) is 24.6 Å². The van der Waals surface area contributed by atoms with Crippen molar-refractivity contribution in [1.82, 2.24) is 14.7 Å². The minimum atomic E-state index is 0.374. The number of nitrogens with zero attached hydrogens (tertiary/aromatic N) is 4. The van der Waals surface area contributed by atoms with Gasteiger partial charge in [-0.3, -0.25) is 4.68 Å². The van der Waals surface area contributed by atoms with Crippen LogP contribution in [0.2, 0.25) is 0 Å². The summed E-state index contributed by atoms with van der Waals surface area (Å²) in [6, 6.07) is 4.32. The van der Waals surface area contributed by atoms with Crippen LogP contribution in [0.3, 0.4) is 0 Å². The van der Waals surface area contributed by atoms with Crippen molar-refractivity contribution in [2.75, 3.05) is 20.1 Å². The van der Waals surface area contributed by atoms with E-state index in [0.717, 1.165) is 19.5 Å². The third kappa shape index (κ3) is 1.64. The number of hydrogen-bond donors (Lipinski definition) is 0. The molecule has 4 heteroatoms. The Kier molecular flexibility index (Phi) is 2.51. The number of rotatable bonds is 1. The second-order valence-corrected chi connectivity index (χ2v) is 3.83. The summed E-state index contributed by atoms with van der Waals surface area (Å²) in [6.45, 7) is 2.15. The summed E-state index contributed by atoms with van der Waals surface area (Å²) in [6.07, 6.45) is 4.01. The van der Waals surface area contributed by atoms with Crippen LogP contribution >= 0.6 is 0 Å². The van der Waals surface area contributed by atoms with Gasteiger partial charge in [0.2, 0.25) is 0 Å². The van der Waals surface area contributed by atoms with Crippen LogP contribution in [0.15, 0.2) is 12.3 Å². The van der Waals surface area contributed by atoms with E-state index in [9.17, 15) is 0 Å². The topological polar surface area (TPSA) is 44.9 Å². The summed E-state index contributed by atoms with van der Waals surface area (Å²) in [5.74, 6) is 0. The minimum Gasteiger partial charge on any atom is -0.304 e. The Morgan fingerprint density at radius 3 is 3.21 bits per heavy atom. The van der Waals surface area contributed by atoms with Crippen molar-refractivity contribution in [3.05, 3.63) is 18.0 Å². The maximum Gasteiger partial charge on any atom is 0.138 e. The molecular weight excluding hydrogens is 176 g/mol. The summed E-state index contributed by atoms with van der Waals surface area (Å²) in [4.78, 5) is 2.29. The Hall–Kier alpha value is -1.34. The Morgan fingerprint density at radius 1 is 1.64 bits per heavy atom. The van der Waals surface area contributed by atoms with Gasteiger partial charge in [-0.1, -0.05) is 0 Å². The van der Waals surface area contributed by atoms with Crippen molar-refractivity contribution < 1.29 is 0 Å². The highest BCUT2D eigenvalue weighted by Gasteiger charge is 2.20. The van der Waals surface area contributed by atoms with Crippen LogP contribution in [-0.4, -0.2) is 34.8 Å². The quantitative estimate of drug-likeness (QED) is 0.664. The first kappa shape index (κ1) is 9.22. The first-order chi connectivity index (χ1) is 6.81. The van der Waals surface area contributed by atoms with Crippen LogP contribution in [-0.2, 0) is 0 Å². The Balaban J connectivity index is 2.18. The molecule has 0 bridgehead atoms. The summed E-state index contributed by atoms with van der Waals surface area (Å²) >= 11 is 0. The normalized spacial score (nSPS) is 23.3. The van der Waals surface area contributed by atoms with Gasteiger partial charge in [-0.05, 0) is 32.5 Å². The van der Waals surface area contributed by atoms with Gasteiger partial charge < -0.3 is 4.90 Å². The lowest BCUT2D eigenvalue weighted by Gasteiger charge is -2.30. The zero-order valence-electron chi connectivity index (χ0n) is 8.35. The summed E-state index contributed by atoms with van der Waals surface area (Å²) in [5, 5.41) is 13.1. The Morgan fingerprint density at radius 2 is 2.50 bits per heavy atom. The van der Waals surface area contributed by atoms with Gasteiger partial charge in [0.25, 0.3) is 0 Å². The highest BCUT2D eigenvalue weighted by Crippen LogP contribution is 2.20. The molecule has 14 heavy (non-hydrogen) atoms. The van der Waals surface area contributed by atoms with Crippen LogP contribution < -0.4 is 0 Å². The van der Waals surface area contributed by atoms with Crippen LogP contribution in [0, 0.1) is 11.3 Å². The Bertz CT molecular complexity index is 349. The molecule has 2 heterocycles. The number of piperidine rings is 1. The van der Waals surface area contributed by atoms with Gasteiger partial charge in [-0.15, -0.1) is 0 Å². The molecule has 1 aliphatic heterocycles. The monoisotopic (exact) mass is 190 g/mol. The zero-order valence-corrected chi connectivity index (χ0v) is 8.35. The average Bonchev–Trinajstić information content (AvgIpc) is 2.65. The van der Waals surface area contributed by atoms with E-state index in [4.69, 9.17) is 5.26 Å². The smallest absolute Gasteiger partial charge is 0.138 e. The van der Waals surface area contributed by atoms with E-state index in [1.807, 2.05) is 4.68 Å². The maximum absolute atomic E-state index is 8.88. The number of aromatic nitrogens is 2. The fraction of sp³-hybridized carbons (Fsp3) is 0.600. The molecule has 1 unspecified atom stereocenters. The molecule has 0 radical (unpaired) electrons. The summed E-state index contributed by atoms with van der Waals surface area (Å²) < 4.78 is 1.86. The van der Waals surface area contributed by atoms with Gasteiger partial charge >= 0.3 is 0 Å². The minimum absolute atomic E-state index is 0.374. The predicted molar refractivity (Wildman–Crippen MR) is 52.7 cm³/mol. The van der Waals surface area contributed by atoms with Crippen molar-refractivity contribution in [2.24, 2.45) is 0 Å². The van der Waals surface area contributed by atoms with Gasteiger partial charge in [0.15, 0.2) is 0 Å². The van der Waals surface area contributed by atoms with E-state index in [0.29, 0.717) is 11.7 Å². The van der Waals surface area contributed by atoms with E-state index in [-0.39, 0.29) is 0 Å². The zero-order chi connectivity index (χ0) is 9.97. The van der Waals surface area contributed by atoms with E-state index in [1.54, 1.807) is 12.3 Å². The van der Waals surface area contributed by atoms with Crippen molar-refractivity contribution in [3.8, 4) is 6.07 Å². The van der Waals surface area contributed by atoms with Crippen molar-refractivity contribution in [3.63, 3.8) is 0 Å². The fourth-order valence-corrected chi connectivity index (χ4v) is 2.03. The third-order valence-corrected chi connectivity index (χ3v) is 2.73. The third-order valence-electron chi connectivity index (χ3n) is 2.73. The lowest BCUT2D eigenvalue weighted by molar-refractivity contribution is 0.202. The van der Waals surface area contributed by atoms with Gasteiger partial charge in [-0.2, -0.15) is 10.4 Å². The number of likely N-dealkylation sites (tertiary alicyclic amines) is 1. The van der Waals surface area contributed by atoms with E-state index >= 15 is 0 Å². The van der Waals surface area contributed by atoms with Crippen LogP contribution in [0.25, 0.3) is 0 Å². The van der Waals surface area contributed by atoms with Gasteiger partial charge in [0.1, 0.15) is 11.8 Å². The molecule has 0 spiro atoms. The molecule has 0 aromatic carbocycles. The van der Waals surface area contributed by atoms with Gasteiger partial charge in [0, 0.05) is 6.54 Å². The highest BCUT2D eigenvalue weighted by molar-refractivity contribution is 5.19. The highest BCUT2D eigenvalue weighted by atomic mass is 15.3. The maximum atomic E-state index is 8.88. The lowest BCUT2D eigenvalue weighted by atomic mass is 10.1. The fourth-order valence-electron chi connectivity index (χ4n) is 2.03. The second-order valence-electron chi connectivity index (χ2n) is 3.83. The lowest BCUT2D eigenvalue weighted by Crippen LogP contribution is -2.34. The molecule has 1 atom stereocenters. The standard InChI is InChI=1S/C10H14N4/c1-13-6-2-3-10(8-13)14-9(7-11)4-5-12-14/h4-5,10H,2-3,6,8H2,1H3. The van der Waals surface area contributed by atoms with Crippen molar-refractivity contribution >= 4 is 0 Å². The molecule has 0 amide bonds. The molecule has 0 saturated carbocycles. The van der Waals surface area contributed by atoms with Gasteiger partial charge in [0.05, 0.1) is 12.2 Å². The Labute approximate surface area is 83.7 Å². The number of likely N-dealkylation sites (N-methyl/N-ethyl adjacent to an activating group) is 1. The SMILES string of the molecule is CN1CCCC(n2nccc2C#N)C1. The molecule has 1 aromatic heterocycles. The summed E-state index contributed by atoms with van der Waals surface area (Å²) in [7, 11) is 2.11. The molecule has 0 aliphatic carbocycles. The van der Waals surface area contributed by atoms with Crippen LogP contribution in [0.5, 0.6) is 0 Å². The largest absolute Gasteiger partial charge is 0.304 e. The molecule has 4 nitrogen and oxygen atoms in total. The molecule has 1 aliphatic rings. The molecular formula is C10H14N4. The average molecular weight is 190 g/mol. The van der Waals surface area contributed by atoms with Crippen molar-refractivity contribution in [1.29, 1.82) is 5.26 Å². The van der Waals surface area contributed by atoms with Gasteiger partial charge in [-0.25, -0.2) is 0 Å². The van der Waals surface area contributed by atoms with Crippen molar-refractivity contribution in [2.45, 2.75) is 18.9 Å². The molecule has 1 fully saturated rings. The molecule has 0 N–H and O–H groups in total. The number of nitriles is 1.